The van der Waals surface area contributed by atoms with Crippen LogP contribution in [0.5, 0.6) is 0 Å². The van der Waals surface area contributed by atoms with E-state index >= 15 is 0 Å². The van der Waals surface area contributed by atoms with Crippen molar-refractivity contribution in [1.29, 1.82) is 0 Å². The molecule has 0 unspecified atom stereocenters. The van der Waals surface area contributed by atoms with Gasteiger partial charge in [-0.3, -0.25) is 0 Å². The second-order valence-corrected chi connectivity index (χ2v) is 25.3. The first-order valence-corrected chi connectivity index (χ1v) is 27.5. The summed E-state index contributed by atoms with van der Waals surface area (Å²) in [5, 5.41) is 0. The summed E-state index contributed by atoms with van der Waals surface area (Å²) in [7, 11) is 0. The van der Waals surface area contributed by atoms with Crippen LogP contribution in [0.4, 0.5) is 17.1 Å². The number of hydrogen-bond donors (Lipinski definition) is 0. The third-order valence-corrected chi connectivity index (χ3v) is 18.2. The largest absolute Gasteiger partial charge is 0.310 e. The van der Waals surface area contributed by atoms with E-state index in [2.05, 4.69) is 286 Å². The number of para-hydroxylation sites is 1. The van der Waals surface area contributed by atoms with Gasteiger partial charge in [0.15, 0.2) is 0 Å². The van der Waals surface area contributed by atoms with E-state index in [0.29, 0.717) is 0 Å². The third kappa shape index (κ3) is 6.45. The summed E-state index contributed by atoms with van der Waals surface area (Å²) < 4.78 is 0. The molecule has 370 valence electrons. The van der Waals surface area contributed by atoms with Crippen molar-refractivity contribution >= 4 is 17.1 Å². The molecule has 0 heterocycles. The zero-order valence-corrected chi connectivity index (χ0v) is 45.7. The van der Waals surface area contributed by atoms with Gasteiger partial charge in [-0.15, -0.1) is 0 Å². The number of fused-ring (bicyclic) bond motifs is 16. The maximum atomic E-state index is 2.56. The fourth-order valence-electron chi connectivity index (χ4n) is 14.3. The lowest BCUT2D eigenvalue weighted by atomic mass is 9.70. The molecular formula is C75H65N. The van der Waals surface area contributed by atoms with Crippen LogP contribution in [0.3, 0.4) is 0 Å². The summed E-state index contributed by atoms with van der Waals surface area (Å²) in [5.74, 6) is 0. The van der Waals surface area contributed by atoms with Crippen LogP contribution in [0.1, 0.15) is 125 Å². The molecule has 10 aromatic rings. The first-order valence-electron chi connectivity index (χ1n) is 27.5. The quantitative estimate of drug-likeness (QED) is 0.166. The van der Waals surface area contributed by atoms with E-state index in [-0.39, 0.29) is 21.7 Å². The Balaban J connectivity index is 0.995. The van der Waals surface area contributed by atoms with E-state index in [0.717, 1.165) is 17.1 Å². The van der Waals surface area contributed by atoms with Gasteiger partial charge >= 0.3 is 0 Å². The predicted octanol–water partition coefficient (Wildman–Crippen LogP) is 20.0. The number of benzene rings is 10. The normalized spacial score (nSPS) is 15.3. The Morgan fingerprint density at radius 3 is 1.34 bits per heavy atom. The molecule has 10 aromatic carbocycles. The highest BCUT2D eigenvalue weighted by Gasteiger charge is 2.52. The molecule has 0 N–H and O–H groups in total. The molecule has 0 radical (unpaired) electrons. The Morgan fingerprint density at radius 1 is 0.289 bits per heavy atom. The summed E-state index contributed by atoms with van der Waals surface area (Å²) in [6, 6.07) is 81.9. The van der Waals surface area contributed by atoms with E-state index < -0.39 is 5.41 Å². The summed E-state index contributed by atoms with van der Waals surface area (Å²) in [6.45, 7) is 23.6. The first kappa shape index (κ1) is 46.5. The molecule has 0 fully saturated rings. The van der Waals surface area contributed by atoms with Gasteiger partial charge in [-0.2, -0.15) is 0 Å². The van der Waals surface area contributed by atoms with Crippen LogP contribution in [0, 0.1) is 0 Å². The van der Waals surface area contributed by atoms with Crippen LogP contribution >= 0.6 is 0 Å². The second-order valence-electron chi connectivity index (χ2n) is 25.3. The number of nitrogens with zero attached hydrogens (tertiary/aromatic N) is 1. The molecule has 76 heavy (non-hydrogen) atoms. The highest BCUT2D eigenvalue weighted by Crippen LogP contribution is 2.64. The van der Waals surface area contributed by atoms with Crippen molar-refractivity contribution in [3.63, 3.8) is 0 Å². The fourth-order valence-corrected chi connectivity index (χ4v) is 14.3. The first-order chi connectivity index (χ1) is 36.5. The SMILES string of the molecule is CC(C)(C)c1ccc2c(c1)-c1cc(C(C)(C)C)ccc1C21c2ccccc2-c2ccc(N(c3ccc(-c4ccc5c(c4)C(C)(C)c4ccccc4-5)cc3)c3ccccc3-c3cccc4c3C(C)(C)c3ccccc3-4)cc21. The number of rotatable bonds is 5. The lowest BCUT2D eigenvalue weighted by Crippen LogP contribution is -2.26. The molecule has 0 amide bonds. The van der Waals surface area contributed by atoms with E-state index in [9.17, 15) is 0 Å². The summed E-state index contributed by atoms with van der Waals surface area (Å²) in [4.78, 5) is 2.55. The Labute approximate surface area is 450 Å². The van der Waals surface area contributed by atoms with Crippen LogP contribution in [0.15, 0.2) is 212 Å². The van der Waals surface area contributed by atoms with Gasteiger partial charge in [0.1, 0.15) is 0 Å². The minimum Gasteiger partial charge on any atom is -0.310 e. The van der Waals surface area contributed by atoms with Gasteiger partial charge in [0, 0.05) is 27.8 Å². The third-order valence-electron chi connectivity index (χ3n) is 18.2. The molecule has 4 aliphatic rings. The topological polar surface area (TPSA) is 3.24 Å². The highest BCUT2D eigenvalue weighted by molar-refractivity contribution is 5.99. The predicted molar refractivity (Wildman–Crippen MR) is 321 cm³/mol. The zero-order chi connectivity index (χ0) is 52.3. The van der Waals surface area contributed by atoms with Crippen molar-refractivity contribution in [2.45, 2.75) is 96.3 Å². The van der Waals surface area contributed by atoms with Crippen molar-refractivity contribution in [2.24, 2.45) is 0 Å². The van der Waals surface area contributed by atoms with Gasteiger partial charge < -0.3 is 4.90 Å². The van der Waals surface area contributed by atoms with Gasteiger partial charge in [0.2, 0.25) is 0 Å². The number of hydrogen-bond acceptors (Lipinski definition) is 1. The van der Waals surface area contributed by atoms with Crippen LogP contribution < -0.4 is 4.90 Å². The van der Waals surface area contributed by atoms with Crippen molar-refractivity contribution in [2.75, 3.05) is 4.90 Å². The minimum absolute atomic E-state index is 0.00541. The zero-order valence-electron chi connectivity index (χ0n) is 45.7. The molecule has 14 rings (SSSR count). The van der Waals surface area contributed by atoms with Crippen molar-refractivity contribution in [3.05, 3.63) is 268 Å². The van der Waals surface area contributed by atoms with Gasteiger partial charge in [-0.05, 0) is 164 Å². The molecule has 0 saturated heterocycles. The maximum Gasteiger partial charge on any atom is 0.0726 e. The van der Waals surface area contributed by atoms with E-state index in [1.54, 1.807) is 0 Å². The molecule has 0 saturated carbocycles. The van der Waals surface area contributed by atoms with Gasteiger partial charge in [0.05, 0.1) is 11.1 Å². The molecule has 4 aliphatic carbocycles. The lowest BCUT2D eigenvalue weighted by Gasteiger charge is -2.33. The average molecular weight is 980 g/mol. The van der Waals surface area contributed by atoms with E-state index in [1.807, 2.05) is 0 Å². The summed E-state index contributed by atoms with van der Waals surface area (Å²) in [5.41, 5.74) is 31.8. The fraction of sp³-hybridized carbons (Fsp3) is 0.200. The lowest BCUT2D eigenvalue weighted by molar-refractivity contribution is 0.589. The molecule has 0 bridgehead atoms. The Kier molecular flexibility index (Phi) is 9.80. The molecule has 0 atom stereocenters. The molecule has 0 aromatic heterocycles. The Hall–Kier alpha value is -8.00. The molecule has 1 spiro atoms. The summed E-state index contributed by atoms with van der Waals surface area (Å²) in [6.07, 6.45) is 0. The standard InChI is InChI=1S/C75H65N/c1-71(2,3)48-33-40-65-60(43-48)61-44-49(72(4,5)6)34-41-66(61)75(65)64-28-17-13-21-53(64)56-39-37-51(45-68(56)75)76(50-35-30-46(31-36-50)47-32-38-55-52-20-11-15-26-62(52)73(7,8)67(55)42-47)69-29-18-14-23-57(69)59-25-19-24-58-54-22-12-16-27-63(54)74(9,10)70(58)59/h11-45H,1-10H3. The van der Waals surface area contributed by atoms with Gasteiger partial charge in [-0.25, -0.2) is 0 Å². The van der Waals surface area contributed by atoms with Crippen LogP contribution in [0.25, 0.3) is 66.8 Å². The van der Waals surface area contributed by atoms with E-state index in [1.165, 1.54) is 122 Å². The molecule has 1 nitrogen and oxygen atoms in total. The van der Waals surface area contributed by atoms with Crippen LogP contribution in [-0.2, 0) is 27.1 Å². The van der Waals surface area contributed by atoms with E-state index in [4.69, 9.17) is 0 Å². The van der Waals surface area contributed by atoms with Crippen molar-refractivity contribution in [1.82, 2.24) is 0 Å². The molecule has 0 aliphatic heterocycles. The second kappa shape index (κ2) is 16.0. The smallest absolute Gasteiger partial charge is 0.0726 e. The summed E-state index contributed by atoms with van der Waals surface area (Å²) >= 11 is 0. The minimum atomic E-state index is -0.522. The highest BCUT2D eigenvalue weighted by atomic mass is 15.1. The Morgan fingerprint density at radius 2 is 0.724 bits per heavy atom. The van der Waals surface area contributed by atoms with Gasteiger partial charge in [0.25, 0.3) is 0 Å². The molecular weight excluding hydrogens is 915 g/mol. The van der Waals surface area contributed by atoms with Gasteiger partial charge in [-0.1, -0.05) is 245 Å². The van der Waals surface area contributed by atoms with Crippen molar-refractivity contribution < 1.29 is 0 Å². The monoisotopic (exact) mass is 980 g/mol. The van der Waals surface area contributed by atoms with Crippen LogP contribution in [-0.4, -0.2) is 0 Å². The maximum absolute atomic E-state index is 2.56. The van der Waals surface area contributed by atoms with Crippen LogP contribution in [0.2, 0.25) is 0 Å². The number of anilines is 3. The molecule has 1 heteroatoms. The van der Waals surface area contributed by atoms with Crippen molar-refractivity contribution in [3.8, 4) is 66.8 Å². The average Bonchev–Trinajstić information content (AvgIpc) is 4.17. The Bertz CT molecular complexity index is 4000.